The van der Waals surface area contributed by atoms with Crippen molar-refractivity contribution in [3.05, 3.63) is 18.5 Å². The first-order valence-electron chi connectivity index (χ1n) is 10.1. The number of methoxy groups -OCH3 is 1. The molecule has 1 aromatic heterocycles. The molecule has 2 rings (SSSR count). The molecule has 9 nitrogen and oxygen atoms in total. The van der Waals surface area contributed by atoms with Crippen LogP contribution in [0.15, 0.2) is 23.5 Å². The first-order chi connectivity index (χ1) is 13.7. The molecule has 2 heterocycles. The molecule has 0 unspecified atom stereocenters. The van der Waals surface area contributed by atoms with Crippen molar-refractivity contribution in [3.63, 3.8) is 0 Å². The van der Waals surface area contributed by atoms with Gasteiger partial charge in [-0.25, -0.2) is 9.97 Å². The Morgan fingerprint density at radius 2 is 1.86 bits per heavy atom. The fourth-order valence-corrected chi connectivity index (χ4v) is 3.13. The van der Waals surface area contributed by atoms with Crippen molar-refractivity contribution in [3.8, 4) is 0 Å². The molecule has 1 fully saturated rings. The van der Waals surface area contributed by atoms with Crippen LogP contribution in [-0.4, -0.2) is 112 Å². The number of nitrogens with zero attached hydrogens (tertiary/aromatic N) is 6. The minimum Gasteiger partial charge on any atom is -0.385 e. The minimum absolute atomic E-state index is 0.813. The van der Waals surface area contributed by atoms with E-state index in [0.29, 0.717) is 0 Å². The van der Waals surface area contributed by atoms with Crippen molar-refractivity contribution >= 4 is 11.9 Å². The lowest BCUT2D eigenvalue weighted by molar-refractivity contribution is 0.180. The Hall–Kier alpha value is -1.97. The maximum atomic E-state index is 5.09. The van der Waals surface area contributed by atoms with Gasteiger partial charge in [-0.15, -0.1) is 0 Å². The number of hydrogen-bond acceptors (Lipinski definition) is 7. The predicted molar refractivity (Wildman–Crippen MR) is 114 cm³/mol. The van der Waals surface area contributed by atoms with Crippen LogP contribution in [0.2, 0.25) is 0 Å². The van der Waals surface area contributed by atoms with E-state index in [1.807, 2.05) is 13.1 Å². The van der Waals surface area contributed by atoms with Gasteiger partial charge in [-0.3, -0.25) is 9.89 Å². The second-order valence-electron chi connectivity index (χ2n) is 6.95. The maximum absolute atomic E-state index is 5.09. The third kappa shape index (κ3) is 8.37. The number of aromatic nitrogens is 2. The number of likely N-dealkylation sites (N-methyl/N-ethyl adjacent to an activating group) is 1. The Balaban J connectivity index is 1.55. The van der Waals surface area contributed by atoms with E-state index in [1.54, 1.807) is 19.5 Å². The summed E-state index contributed by atoms with van der Waals surface area (Å²) < 4.78 is 5.09. The van der Waals surface area contributed by atoms with Gasteiger partial charge in [0.15, 0.2) is 5.96 Å². The number of anilines is 1. The van der Waals surface area contributed by atoms with Gasteiger partial charge in [0.1, 0.15) is 0 Å². The fourth-order valence-electron chi connectivity index (χ4n) is 3.13. The molecule has 158 valence electrons. The second-order valence-corrected chi connectivity index (χ2v) is 6.95. The van der Waals surface area contributed by atoms with E-state index in [4.69, 9.17) is 4.74 Å². The summed E-state index contributed by atoms with van der Waals surface area (Å²) in [6.07, 6.45) is 4.66. The summed E-state index contributed by atoms with van der Waals surface area (Å²) in [5.74, 6) is 1.69. The van der Waals surface area contributed by atoms with Crippen molar-refractivity contribution in [2.75, 3.05) is 91.6 Å². The molecule has 2 N–H and O–H groups in total. The molecular weight excluding hydrogens is 356 g/mol. The highest BCUT2D eigenvalue weighted by molar-refractivity contribution is 5.79. The zero-order valence-electron chi connectivity index (χ0n) is 17.6. The number of ether oxygens (including phenoxy) is 1. The third-order valence-corrected chi connectivity index (χ3v) is 4.83. The number of piperazine rings is 1. The van der Waals surface area contributed by atoms with Crippen LogP contribution < -0.4 is 15.5 Å². The average Bonchev–Trinajstić information content (AvgIpc) is 2.74. The van der Waals surface area contributed by atoms with Crippen molar-refractivity contribution < 1.29 is 4.74 Å². The van der Waals surface area contributed by atoms with Crippen LogP contribution in [-0.2, 0) is 4.74 Å². The summed E-state index contributed by atoms with van der Waals surface area (Å²) >= 11 is 0. The maximum Gasteiger partial charge on any atom is 0.225 e. The largest absolute Gasteiger partial charge is 0.385 e. The molecule has 0 amide bonds. The van der Waals surface area contributed by atoms with Gasteiger partial charge in [0.05, 0.1) is 0 Å². The van der Waals surface area contributed by atoms with Crippen LogP contribution in [0.1, 0.15) is 6.42 Å². The van der Waals surface area contributed by atoms with Gasteiger partial charge in [-0.1, -0.05) is 0 Å². The monoisotopic (exact) mass is 392 g/mol. The van der Waals surface area contributed by atoms with Crippen molar-refractivity contribution in [1.82, 2.24) is 30.4 Å². The Bertz CT molecular complexity index is 548. The molecule has 0 aliphatic carbocycles. The lowest BCUT2D eigenvalue weighted by Crippen LogP contribution is -2.50. The molecule has 0 atom stereocenters. The molecule has 0 aromatic carbocycles. The zero-order chi connectivity index (χ0) is 20.0. The van der Waals surface area contributed by atoms with E-state index < -0.39 is 0 Å². The SMILES string of the molecule is CN=C(NCCN(C)CCCOC)NCCN1CCN(c2ncccn2)CC1. The van der Waals surface area contributed by atoms with Crippen molar-refractivity contribution in [2.24, 2.45) is 4.99 Å². The van der Waals surface area contributed by atoms with Crippen LogP contribution >= 0.6 is 0 Å². The molecule has 28 heavy (non-hydrogen) atoms. The fraction of sp³-hybridized carbons (Fsp3) is 0.737. The highest BCUT2D eigenvalue weighted by atomic mass is 16.5. The number of rotatable bonds is 11. The van der Waals surface area contributed by atoms with Crippen LogP contribution in [0.25, 0.3) is 0 Å². The van der Waals surface area contributed by atoms with Gasteiger partial charge >= 0.3 is 0 Å². The second kappa shape index (κ2) is 13.2. The topological polar surface area (TPSA) is 81.2 Å². The van der Waals surface area contributed by atoms with Gasteiger partial charge < -0.3 is 25.2 Å². The van der Waals surface area contributed by atoms with E-state index in [-0.39, 0.29) is 0 Å². The molecule has 1 saturated heterocycles. The van der Waals surface area contributed by atoms with Crippen molar-refractivity contribution in [1.29, 1.82) is 0 Å². The van der Waals surface area contributed by atoms with Crippen molar-refractivity contribution in [2.45, 2.75) is 6.42 Å². The molecule has 9 heteroatoms. The molecular formula is C19H36N8O. The normalized spacial score (nSPS) is 15.9. The molecule has 0 radical (unpaired) electrons. The van der Waals surface area contributed by atoms with E-state index in [1.165, 1.54) is 0 Å². The number of aliphatic imine (C=N–C) groups is 1. The zero-order valence-corrected chi connectivity index (χ0v) is 17.6. The van der Waals surface area contributed by atoms with Gasteiger partial charge in [0.25, 0.3) is 0 Å². The highest BCUT2D eigenvalue weighted by Crippen LogP contribution is 2.08. The lowest BCUT2D eigenvalue weighted by Gasteiger charge is -2.34. The molecule has 0 bridgehead atoms. The summed E-state index contributed by atoms with van der Waals surface area (Å²) in [5, 5.41) is 6.79. The van der Waals surface area contributed by atoms with E-state index in [9.17, 15) is 0 Å². The number of nitrogens with one attached hydrogen (secondary N) is 2. The summed E-state index contributed by atoms with van der Waals surface area (Å²) in [5.41, 5.74) is 0. The lowest BCUT2D eigenvalue weighted by atomic mass is 10.3. The smallest absolute Gasteiger partial charge is 0.225 e. The first-order valence-corrected chi connectivity index (χ1v) is 10.1. The predicted octanol–water partition coefficient (Wildman–Crippen LogP) is -0.268. The number of guanidine groups is 1. The third-order valence-electron chi connectivity index (χ3n) is 4.83. The van der Waals surface area contributed by atoms with Gasteiger partial charge in [-0.2, -0.15) is 0 Å². The quantitative estimate of drug-likeness (QED) is 0.303. The summed E-state index contributed by atoms with van der Waals surface area (Å²) in [6, 6.07) is 1.85. The molecule has 1 aromatic rings. The summed E-state index contributed by atoms with van der Waals surface area (Å²) in [7, 11) is 5.69. The summed E-state index contributed by atoms with van der Waals surface area (Å²) in [6.45, 7) is 9.57. The van der Waals surface area contributed by atoms with E-state index in [2.05, 4.69) is 47.3 Å². The Morgan fingerprint density at radius 3 is 2.54 bits per heavy atom. The molecule has 0 saturated carbocycles. The van der Waals surface area contributed by atoms with Gasteiger partial charge in [0.2, 0.25) is 5.95 Å². The molecule has 1 aliphatic rings. The first kappa shape index (κ1) is 22.3. The standard InChI is InChI=1S/C19H36N8O/c1-20-18(21-8-11-25(2)10-5-17-28-3)22-9-12-26-13-15-27(16-14-26)19-23-6-4-7-24-19/h4,6-7H,5,8-17H2,1-3H3,(H2,20,21,22). The van der Waals surface area contributed by atoms with Gasteiger partial charge in [-0.05, 0) is 19.5 Å². The Labute approximate surface area is 169 Å². The van der Waals surface area contributed by atoms with Crippen LogP contribution in [0, 0.1) is 0 Å². The summed E-state index contributed by atoms with van der Waals surface area (Å²) in [4.78, 5) is 20.0. The Morgan fingerprint density at radius 1 is 1.14 bits per heavy atom. The Kier molecular flexibility index (Phi) is 10.6. The van der Waals surface area contributed by atoms with Crippen LogP contribution in [0.4, 0.5) is 5.95 Å². The van der Waals surface area contributed by atoms with E-state index >= 15 is 0 Å². The average molecular weight is 393 g/mol. The molecule has 1 aliphatic heterocycles. The highest BCUT2D eigenvalue weighted by Gasteiger charge is 2.18. The van der Waals surface area contributed by atoms with Crippen LogP contribution in [0.3, 0.4) is 0 Å². The molecule has 0 spiro atoms. The van der Waals surface area contributed by atoms with Crippen LogP contribution in [0.5, 0.6) is 0 Å². The number of hydrogen-bond donors (Lipinski definition) is 2. The van der Waals surface area contributed by atoms with Gasteiger partial charge in [0, 0.05) is 92.1 Å². The van der Waals surface area contributed by atoms with E-state index in [0.717, 1.165) is 83.8 Å². The minimum atomic E-state index is 0.813.